The first-order valence-corrected chi connectivity index (χ1v) is 6.58. The number of esters is 1. The summed E-state index contributed by atoms with van der Waals surface area (Å²) < 4.78 is 4.95. The zero-order valence-corrected chi connectivity index (χ0v) is 12.2. The van der Waals surface area contributed by atoms with E-state index in [1.165, 1.54) is 0 Å². The minimum atomic E-state index is -1.08. The van der Waals surface area contributed by atoms with E-state index in [1.54, 1.807) is 32.0 Å². The fourth-order valence-corrected chi connectivity index (χ4v) is 1.98. The van der Waals surface area contributed by atoms with E-state index in [0.717, 1.165) is 0 Å². The van der Waals surface area contributed by atoms with Gasteiger partial charge in [-0.1, -0.05) is 12.1 Å². The van der Waals surface area contributed by atoms with Gasteiger partial charge in [-0.25, -0.2) is 9.97 Å². The molecule has 108 valence electrons. The summed E-state index contributed by atoms with van der Waals surface area (Å²) in [5, 5.41) is 9.32. The molecule has 0 aliphatic carbocycles. The Hall–Kier alpha value is -2.68. The van der Waals surface area contributed by atoms with Gasteiger partial charge in [0.2, 0.25) is 0 Å². The van der Waals surface area contributed by atoms with E-state index in [0.29, 0.717) is 22.5 Å². The van der Waals surface area contributed by atoms with Crippen molar-refractivity contribution in [3.63, 3.8) is 0 Å². The lowest BCUT2D eigenvalue weighted by Crippen LogP contribution is -2.21. The smallest absolute Gasteiger partial charge is 0.329 e. The Kier molecular flexibility index (Phi) is 4.33. The number of carbonyl (C=O) groups excluding carboxylic acids is 1. The third kappa shape index (κ3) is 2.92. The summed E-state index contributed by atoms with van der Waals surface area (Å²) >= 11 is 0. The van der Waals surface area contributed by atoms with Gasteiger partial charge in [-0.05, 0) is 19.1 Å². The Bertz CT molecular complexity index is 706. The van der Waals surface area contributed by atoms with Crippen LogP contribution in [0, 0.1) is 11.3 Å². The van der Waals surface area contributed by atoms with Crippen molar-refractivity contribution in [1.82, 2.24) is 9.97 Å². The molecule has 0 aliphatic rings. The number of hydrogen-bond acceptors (Lipinski definition) is 6. The number of aromatic nitrogens is 2. The maximum Gasteiger partial charge on any atom is 0.329 e. The van der Waals surface area contributed by atoms with Crippen LogP contribution in [0.3, 0.4) is 0 Å². The summed E-state index contributed by atoms with van der Waals surface area (Å²) in [7, 11) is 3.59. The van der Waals surface area contributed by atoms with Gasteiger partial charge in [0.25, 0.3) is 0 Å². The summed E-state index contributed by atoms with van der Waals surface area (Å²) in [4.78, 5) is 22.6. The van der Waals surface area contributed by atoms with Crippen molar-refractivity contribution in [2.45, 2.75) is 12.8 Å². The monoisotopic (exact) mass is 284 g/mol. The first-order chi connectivity index (χ1) is 10.1. The lowest BCUT2D eigenvalue weighted by Gasteiger charge is -2.18. The van der Waals surface area contributed by atoms with E-state index < -0.39 is 11.9 Å². The topological polar surface area (TPSA) is 79.1 Å². The van der Waals surface area contributed by atoms with Crippen molar-refractivity contribution < 1.29 is 9.53 Å². The number of carbonyl (C=O) groups is 1. The highest BCUT2D eigenvalue weighted by molar-refractivity contribution is 5.85. The molecule has 1 atom stereocenters. The molecule has 1 aromatic heterocycles. The number of fused-ring (bicyclic) bond motifs is 1. The van der Waals surface area contributed by atoms with Gasteiger partial charge in [-0.2, -0.15) is 5.26 Å². The van der Waals surface area contributed by atoms with Crippen LogP contribution in [-0.4, -0.2) is 36.6 Å². The maximum atomic E-state index is 12.0. The summed E-state index contributed by atoms with van der Waals surface area (Å²) in [6, 6.07) is 9.29. The second-order valence-electron chi connectivity index (χ2n) is 4.63. The maximum absolute atomic E-state index is 12.0. The van der Waals surface area contributed by atoms with Crippen LogP contribution in [0.4, 0.5) is 5.82 Å². The van der Waals surface area contributed by atoms with Crippen molar-refractivity contribution in [3.05, 3.63) is 30.0 Å². The molecule has 0 saturated heterocycles. The van der Waals surface area contributed by atoms with Crippen molar-refractivity contribution >= 4 is 22.8 Å². The molecule has 0 aliphatic heterocycles. The molecule has 0 saturated carbocycles. The predicted octanol–water partition coefficient (Wildman–Crippen LogP) is 1.87. The largest absolute Gasteiger partial charge is 0.465 e. The molecule has 1 heterocycles. The highest BCUT2D eigenvalue weighted by Gasteiger charge is 2.28. The van der Waals surface area contributed by atoms with Crippen LogP contribution >= 0.6 is 0 Å². The minimum absolute atomic E-state index is 0.218. The molecule has 21 heavy (non-hydrogen) atoms. The first-order valence-electron chi connectivity index (χ1n) is 6.58. The van der Waals surface area contributed by atoms with Gasteiger partial charge in [0.05, 0.1) is 23.7 Å². The molecule has 0 N–H and O–H groups in total. The van der Waals surface area contributed by atoms with Crippen LogP contribution < -0.4 is 4.90 Å². The first kappa shape index (κ1) is 14.7. The normalized spacial score (nSPS) is 11.7. The zero-order valence-electron chi connectivity index (χ0n) is 12.2. The number of benzene rings is 1. The quantitative estimate of drug-likeness (QED) is 0.797. The molecular weight excluding hydrogens is 268 g/mol. The van der Waals surface area contributed by atoms with Gasteiger partial charge < -0.3 is 9.64 Å². The number of hydrogen-bond donors (Lipinski definition) is 0. The van der Waals surface area contributed by atoms with Crippen LogP contribution in [0.2, 0.25) is 0 Å². The Morgan fingerprint density at radius 2 is 1.95 bits per heavy atom. The molecular formula is C15H16N4O2. The van der Waals surface area contributed by atoms with Crippen LogP contribution in [0.25, 0.3) is 11.0 Å². The van der Waals surface area contributed by atoms with Gasteiger partial charge in [-0.3, -0.25) is 4.79 Å². The van der Waals surface area contributed by atoms with Crippen molar-refractivity contribution in [3.8, 4) is 6.07 Å². The molecule has 2 rings (SSSR count). The van der Waals surface area contributed by atoms with Gasteiger partial charge in [-0.15, -0.1) is 0 Å². The van der Waals surface area contributed by atoms with Crippen LogP contribution in [-0.2, 0) is 9.53 Å². The van der Waals surface area contributed by atoms with E-state index in [4.69, 9.17) is 4.74 Å². The molecule has 0 bridgehead atoms. The van der Waals surface area contributed by atoms with Crippen molar-refractivity contribution in [2.24, 2.45) is 0 Å². The number of nitrogens with zero attached hydrogens (tertiary/aromatic N) is 4. The highest BCUT2D eigenvalue weighted by atomic mass is 16.5. The number of rotatable bonds is 4. The van der Waals surface area contributed by atoms with E-state index in [1.807, 2.05) is 24.3 Å². The van der Waals surface area contributed by atoms with Gasteiger partial charge in [0, 0.05) is 14.1 Å². The molecule has 1 unspecified atom stereocenters. The van der Waals surface area contributed by atoms with Crippen LogP contribution in [0.5, 0.6) is 0 Å². The highest BCUT2D eigenvalue weighted by Crippen LogP contribution is 2.26. The molecule has 0 spiro atoms. The molecule has 2 aromatic rings. The third-order valence-electron chi connectivity index (χ3n) is 2.93. The molecule has 0 amide bonds. The second kappa shape index (κ2) is 6.18. The summed E-state index contributed by atoms with van der Waals surface area (Å²) in [5.74, 6) is -1.19. The van der Waals surface area contributed by atoms with E-state index in [-0.39, 0.29) is 6.61 Å². The van der Waals surface area contributed by atoms with Gasteiger partial charge >= 0.3 is 5.97 Å². The summed E-state index contributed by atoms with van der Waals surface area (Å²) in [6.07, 6.45) is 0. The summed E-state index contributed by atoms with van der Waals surface area (Å²) in [6.45, 7) is 1.92. The molecule has 6 heteroatoms. The Morgan fingerprint density at radius 3 is 2.48 bits per heavy atom. The average molecular weight is 284 g/mol. The van der Waals surface area contributed by atoms with Gasteiger partial charge in [0.1, 0.15) is 5.69 Å². The molecule has 1 aromatic carbocycles. The lowest BCUT2D eigenvalue weighted by molar-refractivity contribution is -0.143. The van der Waals surface area contributed by atoms with E-state index >= 15 is 0 Å². The summed E-state index contributed by atoms with van der Waals surface area (Å²) in [5.41, 5.74) is 1.67. The van der Waals surface area contributed by atoms with Crippen molar-refractivity contribution in [2.75, 3.05) is 25.6 Å². The average Bonchev–Trinajstić information content (AvgIpc) is 2.47. The number of nitriles is 1. The fourth-order valence-electron chi connectivity index (χ4n) is 1.98. The number of ether oxygens (including phenoxy) is 1. The molecule has 6 nitrogen and oxygen atoms in total. The molecule has 0 radical (unpaired) electrons. The van der Waals surface area contributed by atoms with Gasteiger partial charge in [0.15, 0.2) is 11.7 Å². The lowest BCUT2D eigenvalue weighted by atomic mass is 10.1. The SMILES string of the molecule is CCOC(=O)C(C#N)c1nc2ccccc2nc1N(C)C. The van der Waals surface area contributed by atoms with Crippen LogP contribution in [0.15, 0.2) is 24.3 Å². The Balaban J connectivity index is 2.62. The standard InChI is InChI=1S/C15H16N4O2/c1-4-21-15(20)10(9-16)13-14(19(2)3)18-12-8-6-5-7-11(12)17-13/h5-8,10H,4H2,1-3H3. The second-order valence-corrected chi connectivity index (χ2v) is 4.63. The zero-order chi connectivity index (χ0) is 15.4. The van der Waals surface area contributed by atoms with Crippen LogP contribution in [0.1, 0.15) is 18.5 Å². The Morgan fingerprint density at radius 1 is 1.33 bits per heavy atom. The third-order valence-corrected chi connectivity index (χ3v) is 2.93. The Labute approximate surface area is 123 Å². The predicted molar refractivity (Wildman–Crippen MR) is 78.9 cm³/mol. The minimum Gasteiger partial charge on any atom is -0.465 e. The van der Waals surface area contributed by atoms with Crippen molar-refractivity contribution in [1.29, 1.82) is 5.26 Å². The number of anilines is 1. The van der Waals surface area contributed by atoms with E-state index in [9.17, 15) is 10.1 Å². The molecule has 0 fully saturated rings. The van der Waals surface area contributed by atoms with E-state index in [2.05, 4.69) is 9.97 Å². The number of para-hydroxylation sites is 2. The fraction of sp³-hybridized carbons (Fsp3) is 0.333.